The number of benzene rings is 1. The molecule has 2 N–H and O–H groups in total. The Hall–Kier alpha value is -1.26. The molecule has 1 aromatic carbocycles. The average Bonchev–Trinajstić information content (AvgIpc) is 2.36. The van der Waals surface area contributed by atoms with E-state index in [4.69, 9.17) is 5.73 Å². The van der Waals surface area contributed by atoms with Crippen molar-refractivity contribution in [2.24, 2.45) is 0 Å². The van der Waals surface area contributed by atoms with Gasteiger partial charge in [0.25, 0.3) is 0 Å². The molecule has 0 aliphatic rings. The lowest BCUT2D eigenvalue weighted by atomic mass is 10.1. The number of hydrogen-bond donors (Lipinski definition) is 1. The van der Waals surface area contributed by atoms with Gasteiger partial charge in [-0.05, 0) is 25.4 Å². The first-order valence-corrected chi connectivity index (χ1v) is 7.41. The molecule has 1 aromatic heterocycles. The third-order valence-electron chi connectivity index (χ3n) is 2.91. The number of thioether (sulfide) groups is 1. The van der Waals surface area contributed by atoms with E-state index >= 15 is 0 Å². The van der Waals surface area contributed by atoms with Gasteiger partial charge in [0, 0.05) is 29.9 Å². The number of anilines is 1. The molecule has 4 heteroatoms. The first-order valence-electron chi connectivity index (χ1n) is 6.02. The molecule has 2 rings (SSSR count). The summed E-state index contributed by atoms with van der Waals surface area (Å²) in [6.07, 6.45) is 2.13. The standard InChI is InChI=1S/C14H19N3S/c1-17(7-8-18-2)10-11-9-13(15)12-5-3-4-6-14(12)16-11/h3-6,9H,7-8,10H2,1-2H3,(H2,15,16). The predicted octanol–water partition coefficient (Wildman–Crippen LogP) is 2.61. The topological polar surface area (TPSA) is 42.1 Å². The van der Waals surface area contributed by atoms with Crippen molar-refractivity contribution in [1.29, 1.82) is 0 Å². The summed E-state index contributed by atoms with van der Waals surface area (Å²) in [5.74, 6) is 1.14. The third kappa shape index (κ3) is 3.15. The van der Waals surface area contributed by atoms with E-state index in [1.54, 1.807) is 0 Å². The van der Waals surface area contributed by atoms with Crippen LogP contribution in [-0.4, -0.2) is 35.5 Å². The van der Waals surface area contributed by atoms with Gasteiger partial charge in [0.05, 0.1) is 11.2 Å². The van der Waals surface area contributed by atoms with Gasteiger partial charge >= 0.3 is 0 Å². The van der Waals surface area contributed by atoms with E-state index in [9.17, 15) is 0 Å². The van der Waals surface area contributed by atoms with Crippen LogP contribution in [0.4, 0.5) is 5.69 Å². The largest absolute Gasteiger partial charge is 0.398 e. The summed E-state index contributed by atoms with van der Waals surface area (Å²) >= 11 is 1.86. The van der Waals surface area contributed by atoms with Crippen LogP contribution < -0.4 is 5.73 Å². The van der Waals surface area contributed by atoms with Gasteiger partial charge in [0.2, 0.25) is 0 Å². The number of nitrogens with zero attached hydrogens (tertiary/aromatic N) is 2. The van der Waals surface area contributed by atoms with E-state index < -0.39 is 0 Å². The van der Waals surface area contributed by atoms with Crippen molar-refractivity contribution in [1.82, 2.24) is 9.88 Å². The lowest BCUT2D eigenvalue weighted by Gasteiger charge is -2.16. The van der Waals surface area contributed by atoms with Crippen molar-refractivity contribution in [3.05, 3.63) is 36.0 Å². The minimum Gasteiger partial charge on any atom is -0.398 e. The maximum atomic E-state index is 6.07. The summed E-state index contributed by atoms with van der Waals surface area (Å²) in [5, 5.41) is 1.04. The maximum Gasteiger partial charge on any atom is 0.0726 e. The molecule has 2 aromatic rings. The Labute approximate surface area is 112 Å². The molecular formula is C14H19N3S. The lowest BCUT2D eigenvalue weighted by Crippen LogP contribution is -2.21. The van der Waals surface area contributed by atoms with Gasteiger partial charge in [-0.1, -0.05) is 18.2 Å². The normalized spacial score (nSPS) is 11.3. The highest BCUT2D eigenvalue weighted by molar-refractivity contribution is 7.98. The second kappa shape index (κ2) is 6.07. The molecule has 0 radical (unpaired) electrons. The minimum atomic E-state index is 0.814. The van der Waals surface area contributed by atoms with Gasteiger partial charge in [0.15, 0.2) is 0 Å². The van der Waals surface area contributed by atoms with Crippen LogP contribution in [0.2, 0.25) is 0 Å². The summed E-state index contributed by atoms with van der Waals surface area (Å²) in [6.45, 7) is 1.91. The Morgan fingerprint density at radius 3 is 2.89 bits per heavy atom. The second-order valence-corrected chi connectivity index (χ2v) is 5.44. The van der Waals surface area contributed by atoms with Crippen LogP contribution >= 0.6 is 11.8 Å². The van der Waals surface area contributed by atoms with Gasteiger partial charge in [-0.25, -0.2) is 0 Å². The number of nitrogens with two attached hydrogens (primary N) is 1. The molecule has 0 bridgehead atoms. The SMILES string of the molecule is CSCCN(C)Cc1cc(N)c2ccccc2n1. The molecule has 18 heavy (non-hydrogen) atoms. The molecule has 0 fully saturated rings. The third-order valence-corrected chi connectivity index (χ3v) is 3.50. The minimum absolute atomic E-state index is 0.814. The van der Waals surface area contributed by atoms with Crippen LogP contribution in [0, 0.1) is 0 Å². The van der Waals surface area contributed by atoms with Crippen LogP contribution in [0.3, 0.4) is 0 Å². The molecule has 0 atom stereocenters. The Morgan fingerprint density at radius 1 is 1.33 bits per heavy atom. The number of fused-ring (bicyclic) bond motifs is 1. The molecular weight excluding hydrogens is 242 g/mol. The maximum absolute atomic E-state index is 6.07. The van der Waals surface area contributed by atoms with Crippen molar-refractivity contribution in [2.45, 2.75) is 6.54 Å². The summed E-state index contributed by atoms with van der Waals surface area (Å²) in [7, 11) is 2.11. The van der Waals surface area contributed by atoms with Crippen molar-refractivity contribution in [3.8, 4) is 0 Å². The zero-order chi connectivity index (χ0) is 13.0. The number of hydrogen-bond acceptors (Lipinski definition) is 4. The highest BCUT2D eigenvalue weighted by Crippen LogP contribution is 2.20. The fourth-order valence-corrected chi connectivity index (χ4v) is 2.44. The highest BCUT2D eigenvalue weighted by atomic mass is 32.2. The van der Waals surface area contributed by atoms with E-state index in [-0.39, 0.29) is 0 Å². The monoisotopic (exact) mass is 261 g/mol. The van der Waals surface area contributed by atoms with Gasteiger partial charge in [-0.3, -0.25) is 9.88 Å². The van der Waals surface area contributed by atoms with Crippen LogP contribution in [-0.2, 0) is 6.54 Å². The Morgan fingerprint density at radius 2 is 2.11 bits per heavy atom. The van der Waals surface area contributed by atoms with Crippen molar-refractivity contribution < 1.29 is 0 Å². The van der Waals surface area contributed by atoms with Crippen LogP contribution in [0.25, 0.3) is 10.9 Å². The summed E-state index contributed by atoms with van der Waals surface area (Å²) in [5.41, 5.74) is 8.90. The van der Waals surface area contributed by atoms with Crippen LogP contribution in [0.15, 0.2) is 30.3 Å². The summed E-state index contributed by atoms with van der Waals surface area (Å²) in [6, 6.07) is 9.99. The molecule has 3 nitrogen and oxygen atoms in total. The Bertz CT molecular complexity index is 527. The van der Waals surface area contributed by atoms with Crippen LogP contribution in [0.1, 0.15) is 5.69 Å². The molecule has 0 aliphatic heterocycles. The van der Waals surface area contributed by atoms with Gasteiger partial charge in [0.1, 0.15) is 0 Å². The first kappa shape index (κ1) is 13.2. The van der Waals surface area contributed by atoms with Gasteiger partial charge in [-0.2, -0.15) is 11.8 Å². The van der Waals surface area contributed by atoms with E-state index in [0.29, 0.717) is 0 Å². The molecule has 96 valence electrons. The molecule has 0 amide bonds. The fraction of sp³-hybridized carbons (Fsp3) is 0.357. The van der Waals surface area contributed by atoms with Crippen molar-refractivity contribution >= 4 is 28.4 Å². The zero-order valence-corrected chi connectivity index (χ0v) is 11.7. The number of pyridine rings is 1. The highest BCUT2D eigenvalue weighted by Gasteiger charge is 2.05. The van der Waals surface area contributed by atoms with E-state index in [1.807, 2.05) is 42.1 Å². The number of rotatable bonds is 5. The van der Waals surface area contributed by atoms with E-state index in [2.05, 4.69) is 23.2 Å². The number of nitrogen functional groups attached to an aromatic ring is 1. The average molecular weight is 261 g/mol. The quantitative estimate of drug-likeness (QED) is 0.898. The van der Waals surface area contributed by atoms with Gasteiger partial charge < -0.3 is 5.73 Å². The Kier molecular flexibility index (Phi) is 4.44. The molecule has 0 saturated heterocycles. The van der Waals surface area contributed by atoms with Crippen LogP contribution in [0.5, 0.6) is 0 Å². The number of aromatic nitrogens is 1. The van der Waals surface area contributed by atoms with Gasteiger partial charge in [-0.15, -0.1) is 0 Å². The smallest absolute Gasteiger partial charge is 0.0726 e. The summed E-state index contributed by atoms with van der Waals surface area (Å²) < 4.78 is 0. The summed E-state index contributed by atoms with van der Waals surface area (Å²) in [4.78, 5) is 6.93. The lowest BCUT2D eigenvalue weighted by molar-refractivity contribution is 0.345. The molecule has 0 saturated carbocycles. The molecule has 0 spiro atoms. The number of para-hydroxylation sites is 1. The zero-order valence-electron chi connectivity index (χ0n) is 10.9. The van der Waals surface area contributed by atoms with E-state index in [1.165, 1.54) is 0 Å². The predicted molar refractivity (Wildman–Crippen MR) is 80.9 cm³/mol. The molecule has 0 aliphatic carbocycles. The first-order chi connectivity index (χ1) is 8.70. The molecule has 1 heterocycles. The van der Waals surface area contributed by atoms with Crippen molar-refractivity contribution in [2.75, 3.05) is 31.3 Å². The van der Waals surface area contributed by atoms with Crippen molar-refractivity contribution in [3.63, 3.8) is 0 Å². The van der Waals surface area contributed by atoms with E-state index in [0.717, 1.165) is 41.1 Å². The fourth-order valence-electron chi connectivity index (χ4n) is 1.94. The second-order valence-electron chi connectivity index (χ2n) is 4.45. The molecule has 0 unspecified atom stereocenters. The Balaban J connectivity index is 2.19.